The Morgan fingerprint density at radius 2 is 1.40 bits per heavy atom. The van der Waals surface area contributed by atoms with Gasteiger partial charge in [-0.1, -0.05) is 67.6 Å². The molecular formula is C40H57N5O7. The minimum Gasteiger partial charge on any atom is -0.444 e. The van der Waals surface area contributed by atoms with Crippen molar-refractivity contribution in [1.29, 1.82) is 0 Å². The van der Waals surface area contributed by atoms with E-state index in [9.17, 15) is 24.0 Å². The normalized spacial score (nSPS) is 21.0. The Morgan fingerprint density at radius 3 is 1.94 bits per heavy atom. The molecule has 284 valence electrons. The van der Waals surface area contributed by atoms with E-state index in [1.807, 2.05) is 60.7 Å². The van der Waals surface area contributed by atoms with Gasteiger partial charge in [-0.2, -0.15) is 0 Å². The standard InChI is InChI=1S/C40H57N5O7/c1-9-30(44(8)38(50)52-40(5,6)7)34(46)43-33-28(24-25-41-37(49)51-39(2,3)4)20-21-29-22-23-31(45(29)36(33)48)35(47)42-32(26-16-12-10-13-17-26)27-18-14-11-15-19-27/h10-19,28-33H,9,20-25H2,1-8H3,(H,41,49)(H,42,47)(H,43,46)/t28-,29?,30+,31+,33+/m1/s1. The zero-order valence-corrected chi connectivity index (χ0v) is 31.9. The van der Waals surface area contributed by atoms with Gasteiger partial charge in [-0.3, -0.25) is 19.3 Å². The monoisotopic (exact) mass is 719 g/mol. The molecule has 2 aromatic rings. The van der Waals surface area contributed by atoms with Gasteiger partial charge in [0.15, 0.2) is 0 Å². The van der Waals surface area contributed by atoms with E-state index in [0.29, 0.717) is 32.1 Å². The number of hydrogen-bond donors (Lipinski definition) is 3. The smallest absolute Gasteiger partial charge is 0.410 e. The number of carbonyl (C=O) groups excluding carboxylic acids is 5. The van der Waals surface area contributed by atoms with Crippen LogP contribution in [0.5, 0.6) is 0 Å². The summed E-state index contributed by atoms with van der Waals surface area (Å²) in [4.78, 5) is 71.2. The molecule has 2 aromatic carbocycles. The number of nitrogens with zero attached hydrogens (tertiary/aromatic N) is 2. The predicted molar refractivity (Wildman–Crippen MR) is 198 cm³/mol. The van der Waals surface area contributed by atoms with Crippen LogP contribution in [0.2, 0.25) is 0 Å². The summed E-state index contributed by atoms with van der Waals surface area (Å²) >= 11 is 0. The number of nitrogens with one attached hydrogen (secondary N) is 3. The van der Waals surface area contributed by atoms with Gasteiger partial charge < -0.3 is 30.3 Å². The van der Waals surface area contributed by atoms with Gasteiger partial charge in [0.05, 0.1) is 6.04 Å². The molecule has 12 heteroatoms. The molecule has 0 saturated carbocycles. The van der Waals surface area contributed by atoms with E-state index in [1.165, 1.54) is 11.9 Å². The summed E-state index contributed by atoms with van der Waals surface area (Å²) in [5.74, 6) is -1.46. The molecular weight excluding hydrogens is 662 g/mol. The van der Waals surface area contributed by atoms with Crippen molar-refractivity contribution in [2.24, 2.45) is 5.92 Å². The SMILES string of the molecule is CC[C@@H](C(=O)N[C@@H]1C(=O)N2C(CC[C@@H]1CCNC(=O)OC(C)(C)C)CC[C@H]2C(=O)NC(c1ccccc1)c1ccccc1)N(C)C(=O)OC(C)(C)C. The summed E-state index contributed by atoms with van der Waals surface area (Å²) in [6.07, 6.45) is 1.80. The van der Waals surface area contributed by atoms with Crippen LogP contribution in [0.1, 0.15) is 104 Å². The number of likely N-dealkylation sites (N-methyl/N-ethyl adjacent to an activating group) is 1. The first-order valence-electron chi connectivity index (χ1n) is 18.4. The van der Waals surface area contributed by atoms with Gasteiger partial charge in [0.2, 0.25) is 17.7 Å². The van der Waals surface area contributed by atoms with Gasteiger partial charge in [0, 0.05) is 19.6 Å². The molecule has 0 aromatic heterocycles. The van der Waals surface area contributed by atoms with E-state index >= 15 is 0 Å². The lowest BCUT2D eigenvalue weighted by Crippen LogP contribution is -2.59. The van der Waals surface area contributed by atoms with Crippen LogP contribution in [0, 0.1) is 5.92 Å². The summed E-state index contributed by atoms with van der Waals surface area (Å²) in [7, 11) is 1.51. The fourth-order valence-corrected chi connectivity index (χ4v) is 7.09. The number of hydrogen-bond acceptors (Lipinski definition) is 7. The van der Waals surface area contributed by atoms with E-state index in [0.717, 1.165) is 11.1 Å². The van der Waals surface area contributed by atoms with Crippen LogP contribution in [-0.2, 0) is 23.9 Å². The molecule has 4 rings (SSSR count). The molecule has 3 N–H and O–H groups in total. The van der Waals surface area contributed by atoms with Crippen LogP contribution < -0.4 is 16.0 Å². The molecule has 2 aliphatic rings. The summed E-state index contributed by atoms with van der Waals surface area (Å²) in [6.45, 7) is 12.6. The van der Waals surface area contributed by atoms with E-state index in [2.05, 4.69) is 16.0 Å². The topological polar surface area (TPSA) is 146 Å². The van der Waals surface area contributed by atoms with E-state index in [1.54, 1.807) is 53.4 Å². The highest BCUT2D eigenvalue weighted by Gasteiger charge is 2.48. The maximum atomic E-state index is 14.7. The van der Waals surface area contributed by atoms with Crippen molar-refractivity contribution < 1.29 is 33.4 Å². The van der Waals surface area contributed by atoms with Crippen molar-refractivity contribution in [1.82, 2.24) is 25.8 Å². The molecule has 0 spiro atoms. The highest BCUT2D eigenvalue weighted by molar-refractivity contribution is 5.95. The number of benzene rings is 2. The van der Waals surface area contributed by atoms with Crippen LogP contribution in [0.3, 0.4) is 0 Å². The van der Waals surface area contributed by atoms with E-state index in [-0.39, 0.29) is 36.7 Å². The fraction of sp³-hybridized carbons (Fsp3) is 0.575. The van der Waals surface area contributed by atoms with Crippen molar-refractivity contribution >= 4 is 29.9 Å². The van der Waals surface area contributed by atoms with Gasteiger partial charge in [0.25, 0.3) is 0 Å². The largest absolute Gasteiger partial charge is 0.444 e. The molecule has 2 saturated heterocycles. The second-order valence-electron chi connectivity index (χ2n) is 15.8. The lowest BCUT2D eigenvalue weighted by Gasteiger charge is -2.34. The Balaban J connectivity index is 1.59. The minimum absolute atomic E-state index is 0.190. The Hall–Kier alpha value is -4.61. The molecule has 2 aliphatic heterocycles. The van der Waals surface area contributed by atoms with Crippen LogP contribution >= 0.6 is 0 Å². The molecule has 1 unspecified atom stereocenters. The third kappa shape index (κ3) is 10.7. The second-order valence-corrected chi connectivity index (χ2v) is 15.8. The van der Waals surface area contributed by atoms with Crippen molar-refractivity contribution in [3.05, 3.63) is 71.8 Å². The van der Waals surface area contributed by atoms with Crippen molar-refractivity contribution in [3.63, 3.8) is 0 Å². The Bertz CT molecular complexity index is 1500. The van der Waals surface area contributed by atoms with Crippen LogP contribution in [0.15, 0.2) is 60.7 Å². The van der Waals surface area contributed by atoms with Gasteiger partial charge in [-0.05, 0) is 97.1 Å². The second kappa shape index (κ2) is 17.3. The van der Waals surface area contributed by atoms with E-state index < -0.39 is 53.5 Å². The Labute approximate surface area is 308 Å². The summed E-state index contributed by atoms with van der Waals surface area (Å²) in [6, 6.07) is 16.2. The molecule has 2 fully saturated rings. The zero-order valence-electron chi connectivity index (χ0n) is 31.9. The first-order valence-corrected chi connectivity index (χ1v) is 18.4. The van der Waals surface area contributed by atoms with Crippen molar-refractivity contribution in [3.8, 4) is 0 Å². The number of alkyl carbamates (subject to hydrolysis) is 1. The van der Waals surface area contributed by atoms with Crippen molar-refractivity contribution in [2.45, 2.75) is 128 Å². The van der Waals surface area contributed by atoms with Crippen molar-refractivity contribution in [2.75, 3.05) is 13.6 Å². The van der Waals surface area contributed by atoms with Crippen LogP contribution in [-0.4, -0.2) is 88.7 Å². The van der Waals surface area contributed by atoms with Crippen LogP contribution in [0.4, 0.5) is 9.59 Å². The summed E-state index contributed by atoms with van der Waals surface area (Å²) in [5, 5.41) is 9.01. The number of rotatable bonds is 11. The molecule has 52 heavy (non-hydrogen) atoms. The maximum absolute atomic E-state index is 14.7. The lowest BCUT2D eigenvalue weighted by molar-refractivity contribution is -0.144. The number of carbonyl (C=O) groups is 5. The average Bonchev–Trinajstić information content (AvgIpc) is 3.46. The van der Waals surface area contributed by atoms with Gasteiger partial charge >= 0.3 is 12.2 Å². The Kier molecular flexibility index (Phi) is 13.3. The van der Waals surface area contributed by atoms with E-state index in [4.69, 9.17) is 9.47 Å². The average molecular weight is 720 g/mol. The summed E-state index contributed by atoms with van der Waals surface area (Å²) < 4.78 is 10.9. The van der Waals surface area contributed by atoms with Crippen LogP contribution in [0.25, 0.3) is 0 Å². The third-order valence-corrected chi connectivity index (χ3v) is 9.54. The molecule has 5 amide bonds. The van der Waals surface area contributed by atoms with Gasteiger partial charge in [-0.25, -0.2) is 9.59 Å². The molecule has 2 heterocycles. The first-order chi connectivity index (χ1) is 24.5. The lowest BCUT2D eigenvalue weighted by atomic mass is 9.90. The summed E-state index contributed by atoms with van der Waals surface area (Å²) in [5.41, 5.74) is 0.404. The highest BCUT2D eigenvalue weighted by Crippen LogP contribution is 2.36. The fourth-order valence-electron chi connectivity index (χ4n) is 7.09. The quantitative estimate of drug-likeness (QED) is 0.270. The number of ether oxygens (including phenoxy) is 2. The Morgan fingerprint density at radius 1 is 0.846 bits per heavy atom. The number of amides is 5. The third-order valence-electron chi connectivity index (χ3n) is 9.54. The van der Waals surface area contributed by atoms with Gasteiger partial charge in [0.1, 0.15) is 29.3 Å². The highest BCUT2D eigenvalue weighted by atomic mass is 16.6. The van der Waals surface area contributed by atoms with Gasteiger partial charge in [-0.15, -0.1) is 0 Å². The molecule has 0 aliphatic carbocycles. The zero-order chi connectivity index (χ0) is 38.2. The molecule has 0 bridgehead atoms. The minimum atomic E-state index is -0.994. The predicted octanol–water partition coefficient (Wildman–Crippen LogP) is 5.71. The molecule has 0 radical (unpaired) electrons. The molecule has 12 nitrogen and oxygen atoms in total. The maximum Gasteiger partial charge on any atom is 0.410 e. The molecule has 5 atom stereocenters. The number of fused-ring (bicyclic) bond motifs is 1. The first kappa shape index (κ1) is 40.2.